The number of carbonyl (C=O) groups excluding carboxylic acids is 2. The molecule has 2 saturated heterocycles. The molecule has 1 saturated carbocycles. The van der Waals surface area contributed by atoms with Crippen molar-refractivity contribution in [2.24, 2.45) is 15.9 Å². The number of hydrogen-bond acceptors (Lipinski definition) is 14. The Bertz CT molecular complexity index is 1620. The number of hydrazone groups is 1. The first-order valence-electron chi connectivity index (χ1n) is 20.6. The molecule has 312 valence electrons. The molecule has 56 heavy (non-hydrogen) atoms. The van der Waals surface area contributed by atoms with Crippen LogP contribution >= 0.6 is 0 Å². The summed E-state index contributed by atoms with van der Waals surface area (Å²) in [7, 11) is 0. The fourth-order valence-electron chi connectivity index (χ4n) is 7.20. The van der Waals surface area contributed by atoms with Crippen LogP contribution in [0.4, 0.5) is 21.4 Å². The second kappa shape index (κ2) is 20.3. The minimum Gasteiger partial charge on any atom is -0.444 e. The molecule has 1 atom stereocenters. The van der Waals surface area contributed by atoms with Gasteiger partial charge < -0.3 is 45.4 Å². The summed E-state index contributed by atoms with van der Waals surface area (Å²) >= 11 is 0. The molecule has 4 N–H and O–H groups in total. The number of nitrogens with two attached hydrogens (primary N) is 1. The van der Waals surface area contributed by atoms with Crippen LogP contribution in [-0.4, -0.2) is 136 Å². The van der Waals surface area contributed by atoms with Gasteiger partial charge in [0.2, 0.25) is 5.95 Å². The topological polar surface area (TPSA) is 190 Å². The van der Waals surface area contributed by atoms with Gasteiger partial charge in [0.15, 0.2) is 17.0 Å². The number of ether oxygens (including phenoxy) is 3. The van der Waals surface area contributed by atoms with Gasteiger partial charge in [-0.3, -0.25) is 9.56 Å². The normalized spacial score (nSPS) is 19.0. The molecule has 2 amide bonds. The fraction of sp³-hybridized carbons (Fsp3) is 0.769. The van der Waals surface area contributed by atoms with Crippen LogP contribution in [0.5, 0.6) is 0 Å². The molecule has 2 aliphatic heterocycles. The van der Waals surface area contributed by atoms with E-state index in [4.69, 9.17) is 35.0 Å². The van der Waals surface area contributed by atoms with Crippen LogP contribution in [0.1, 0.15) is 112 Å². The summed E-state index contributed by atoms with van der Waals surface area (Å²) in [4.78, 5) is 51.4. The molecule has 2 aromatic heterocycles. The van der Waals surface area contributed by atoms with E-state index in [0.29, 0.717) is 62.0 Å². The van der Waals surface area contributed by atoms with Gasteiger partial charge in [0, 0.05) is 71.2 Å². The molecular formula is C39H66N12O5. The highest BCUT2D eigenvalue weighted by molar-refractivity contribution is 6.32. The molecule has 1 aliphatic carbocycles. The van der Waals surface area contributed by atoms with Crippen molar-refractivity contribution in [1.82, 2.24) is 34.6 Å². The van der Waals surface area contributed by atoms with Gasteiger partial charge in [-0.15, -0.1) is 0 Å². The van der Waals surface area contributed by atoms with E-state index < -0.39 is 11.2 Å². The Kier molecular flexibility index (Phi) is 15.5. The van der Waals surface area contributed by atoms with Gasteiger partial charge in [0.1, 0.15) is 17.4 Å². The minimum atomic E-state index is -0.638. The van der Waals surface area contributed by atoms with Gasteiger partial charge in [-0.2, -0.15) is 15.1 Å². The first-order valence-corrected chi connectivity index (χ1v) is 20.6. The monoisotopic (exact) mass is 783 g/mol. The number of imidazole rings is 1. The zero-order valence-electron chi connectivity index (χ0n) is 34.6. The number of nitrogens with one attached hydrogen (secondary N) is 2. The van der Waals surface area contributed by atoms with E-state index in [0.717, 1.165) is 83.4 Å². The first kappa shape index (κ1) is 42.9. The van der Waals surface area contributed by atoms with Gasteiger partial charge >= 0.3 is 12.2 Å². The third-order valence-electron chi connectivity index (χ3n) is 9.96. The second-order valence-electron chi connectivity index (χ2n) is 16.9. The number of fused-ring (bicyclic) bond motifs is 1. The van der Waals surface area contributed by atoms with Gasteiger partial charge in [-0.1, -0.05) is 19.3 Å². The van der Waals surface area contributed by atoms with E-state index in [2.05, 4.69) is 25.6 Å². The van der Waals surface area contributed by atoms with Crippen LogP contribution in [0.25, 0.3) is 11.2 Å². The summed E-state index contributed by atoms with van der Waals surface area (Å²) in [6.45, 7) is 17.4. The largest absolute Gasteiger partial charge is 0.444 e. The standard InChI is InChI=1S/C39H66N12O5/c1-38(2,3)55-36(52)49(21-13-22-50(30-14-8-7-9-15-30)37(53)56-39(4,5)6)20-12-17-42-26-29(47-40)27-43-33-32-34(46-35(45-33)48-23-18-41-19-24-48)51(28-44-32)31-16-10-11-25-54-31/h26,28,30-31,41H,7-25,27,40H2,1-6H3,(H,43,45,46). The highest BCUT2D eigenvalue weighted by atomic mass is 16.6. The van der Waals surface area contributed by atoms with Gasteiger partial charge in [0.05, 0.1) is 18.6 Å². The summed E-state index contributed by atoms with van der Waals surface area (Å²) in [5, 5.41) is 10.8. The average Bonchev–Trinajstić information content (AvgIpc) is 3.60. The van der Waals surface area contributed by atoms with Crippen LogP contribution in [0.15, 0.2) is 16.4 Å². The Morgan fingerprint density at radius 3 is 2.34 bits per heavy atom. The van der Waals surface area contributed by atoms with E-state index in [1.54, 1.807) is 17.4 Å². The number of aliphatic imine (C=N–C) groups is 1. The van der Waals surface area contributed by atoms with E-state index in [1.165, 1.54) is 6.42 Å². The number of nitrogens with zero attached hydrogens (tertiary/aromatic N) is 9. The maximum absolute atomic E-state index is 13.3. The van der Waals surface area contributed by atoms with E-state index in [1.807, 2.05) is 51.0 Å². The zero-order valence-corrected chi connectivity index (χ0v) is 34.6. The van der Waals surface area contributed by atoms with Crippen molar-refractivity contribution in [2.75, 3.05) is 75.7 Å². The SMILES string of the molecule is CC(C)(C)OC(=O)N(CCCN=CC(CNc1nc(N2CCNCC2)nc2c1ncn2C1CCCCO1)=NN)CCCN(C(=O)OC(C)(C)C)C1CCCCC1. The Balaban J connectivity index is 1.18. The van der Waals surface area contributed by atoms with E-state index >= 15 is 0 Å². The highest BCUT2D eigenvalue weighted by Gasteiger charge is 2.30. The summed E-state index contributed by atoms with van der Waals surface area (Å²) in [5.74, 6) is 7.04. The lowest BCUT2D eigenvalue weighted by molar-refractivity contribution is -0.0298. The van der Waals surface area contributed by atoms with Crippen molar-refractivity contribution < 1.29 is 23.8 Å². The quantitative estimate of drug-likeness (QED) is 0.0914. The van der Waals surface area contributed by atoms with Gasteiger partial charge in [-0.25, -0.2) is 14.6 Å². The number of piperazine rings is 1. The molecule has 4 heterocycles. The molecule has 0 spiro atoms. The van der Waals surface area contributed by atoms with Gasteiger partial charge in [0.25, 0.3) is 0 Å². The molecule has 0 radical (unpaired) electrons. The van der Waals surface area contributed by atoms with Crippen LogP contribution < -0.4 is 21.4 Å². The smallest absolute Gasteiger partial charge is 0.410 e. The number of anilines is 2. The Hall–Kier alpha value is -4.25. The maximum atomic E-state index is 13.3. The average molecular weight is 783 g/mol. The molecule has 17 heteroatoms. The van der Waals surface area contributed by atoms with Crippen molar-refractivity contribution in [3.63, 3.8) is 0 Å². The number of carbonyl (C=O) groups is 2. The molecule has 3 aliphatic rings. The van der Waals surface area contributed by atoms with Gasteiger partial charge in [-0.05, 0) is 86.5 Å². The lowest BCUT2D eigenvalue weighted by Gasteiger charge is -2.36. The second-order valence-corrected chi connectivity index (χ2v) is 16.9. The van der Waals surface area contributed by atoms with E-state index in [-0.39, 0.29) is 31.0 Å². The molecule has 0 aromatic carbocycles. The Morgan fingerprint density at radius 1 is 0.964 bits per heavy atom. The molecule has 0 bridgehead atoms. The third-order valence-corrected chi connectivity index (χ3v) is 9.96. The van der Waals surface area contributed by atoms with Crippen LogP contribution in [0.3, 0.4) is 0 Å². The van der Waals surface area contributed by atoms with Crippen molar-refractivity contribution in [3.05, 3.63) is 6.33 Å². The number of amides is 2. The van der Waals surface area contributed by atoms with Crippen molar-refractivity contribution in [2.45, 2.75) is 129 Å². The lowest BCUT2D eigenvalue weighted by Crippen LogP contribution is -2.46. The van der Waals surface area contributed by atoms with Crippen molar-refractivity contribution in [3.8, 4) is 0 Å². The van der Waals surface area contributed by atoms with Crippen LogP contribution in [0.2, 0.25) is 0 Å². The molecule has 17 nitrogen and oxygen atoms in total. The van der Waals surface area contributed by atoms with Crippen LogP contribution in [0, 0.1) is 0 Å². The minimum absolute atomic E-state index is 0.111. The predicted molar refractivity (Wildman–Crippen MR) is 220 cm³/mol. The molecular weight excluding hydrogens is 717 g/mol. The summed E-state index contributed by atoms with van der Waals surface area (Å²) < 4.78 is 19.6. The molecule has 2 aromatic rings. The molecule has 5 rings (SSSR count). The zero-order chi connectivity index (χ0) is 40.1. The number of aromatic nitrogens is 4. The number of rotatable bonds is 15. The third kappa shape index (κ3) is 12.9. The Labute approximate surface area is 332 Å². The lowest BCUT2D eigenvalue weighted by atomic mass is 9.94. The van der Waals surface area contributed by atoms with Crippen molar-refractivity contribution >= 4 is 47.0 Å². The maximum Gasteiger partial charge on any atom is 0.410 e. The predicted octanol–water partition coefficient (Wildman–Crippen LogP) is 5.32. The first-order chi connectivity index (χ1) is 26.8. The van der Waals surface area contributed by atoms with E-state index in [9.17, 15) is 9.59 Å². The Morgan fingerprint density at radius 2 is 1.66 bits per heavy atom. The number of hydrogen-bond donors (Lipinski definition) is 3. The summed E-state index contributed by atoms with van der Waals surface area (Å²) in [6, 6.07) is 0.152. The highest BCUT2D eigenvalue weighted by Crippen LogP contribution is 2.30. The van der Waals surface area contributed by atoms with Crippen LogP contribution in [-0.2, 0) is 14.2 Å². The molecule has 1 unspecified atom stereocenters. The summed E-state index contributed by atoms with van der Waals surface area (Å²) in [6.07, 6.45) is 12.2. The molecule has 3 fully saturated rings. The van der Waals surface area contributed by atoms with Crippen molar-refractivity contribution in [1.29, 1.82) is 0 Å². The summed E-state index contributed by atoms with van der Waals surface area (Å²) in [5.41, 5.74) is 0.693. The fourth-order valence-corrected chi connectivity index (χ4v) is 7.20.